The lowest BCUT2D eigenvalue weighted by Gasteiger charge is -2.10. The average Bonchev–Trinajstić information content (AvgIpc) is 2.72. The van der Waals surface area contributed by atoms with Gasteiger partial charge in [-0.05, 0) is 0 Å². The summed E-state index contributed by atoms with van der Waals surface area (Å²) in [7, 11) is 0. The van der Waals surface area contributed by atoms with Gasteiger partial charge in [-0.3, -0.25) is 24.0 Å². The number of amides is 4. The molecular weight excluding hydrogens is 412 g/mol. The molecule has 178 valence electrons. The summed E-state index contributed by atoms with van der Waals surface area (Å²) in [5.74, 6) is -2.82. The van der Waals surface area contributed by atoms with Crippen molar-refractivity contribution < 1.29 is 38.6 Å². The standard InChI is InChI=1S/C19H34N4O8/c1-3-15(24)22-8-9-30-10-11-31-13-17(26)21-7-6-20-16(25)4-5-23-19(29)14(2)12-18(27)28/h14H,3-13H2,1-2H3,(H,20,25)(H,21,26)(H,22,24)(H,23,29)(H,27,28). The van der Waals surface area contributed by atoms with Crippen molar-refractivity contribution in [2.75, 3.05) is 52.6 Å². The Hall–Kier alpha value is -2.73. The molecular formula is C19H34N4O8. The molecule has 0 radical (unpaired) electrons. The Morgan fingerprint density at radius 1 is 0.774 bits per heavy atom. The minimum atomic E-state index is -1.06. The van der Waals surface area contributed by atoms with Gasteiger partial charge in [-0.15, -0.1) is 0 Å². The van der Waals surface area contributed by atoms with Gasteiger partial charge in [-0.25, -0.2) is 0 Å². The van der Waals surface area contributed by atoms with Crippen molar-refractivity contribution in [3.63, 3.8) is 0 Å². The van der Waals surface area contributed by atoms with E-state index in [0.29, 0.717) is 26.2 Å². The van der Waals surface area contributed by atoms with Crippen LogP contribution in [-0.4, -0.2) is 87.3 Å². The highest BCUT2D eigenvalue weighted by Crippen LogP contribution is 2.01. The van der Waals surface area contributed by atoms with Crippen molar-refractivity contribution in [3.05, 3.63) is 0 Å². The summed E-state index contributed by atoms with van der Waals surface area (Å²) in [5.41, 5.74) is 0. The molecule has 4 amide bonds. The maximum absolute atomic E-state index is 11.7. The van der Waals surface area contributed by atoms with E-state index in [9.17, 15) is 24.0 Å². The van der Waals surface area contributed by atoms with Crippen molar-refractivity contribution in [2.45, 2.75) is 33.1 Å². The average molecular weight is 447 g/mol. The van der Waals surface area contributed by atoms with E-state index in [1.165, 1.54) is 6.92 Å². The fourth-order valence-corrected chi connectivity index (χ4v) is 2.14. The van der Waals surface area contributed by atoms with E-state index in [0.717, 1.165) is 0 Å². The van der Waals surface area contributed by atoms with Gasteiger partial charge in [-0.2, -0.15) is 0 Å². The zero-order valence-electron chi connectivity index (χ0n) is 18.2. The molecule has 0 rings (SSSR count). The number of aliphatic carboxylic acids is 1. The number of nitrogens with one attached hydrogen (secondary N) is 4. The van der Waals surface area contributed by atoms with Crippen LogP contribution in [0.15, 0.2) is 0 Å². The molecule has 0 bridgehead atoms. The topological polar surface area (TPSA) is 172 Å². The van der Waals surface area contributed by atoms with Crippen LogP contribution in [0.4, 0.5) is 0 Å². The van der Waals surface area contributed by atoms with E-state index in [1.807, 2.05) is 0 Å². The van der Waals surface area contributed by atoms with Crippen LogP contribution >= 0.6 is 0 Å². The van der Waals surface area contributed by atoms with Crippen LogP contribution < -0.4 is 21.3 Å². The van der Waals surface area contributed by atoms with Gasteiger partial charge in [0.15, 0.2) is 0 Å². The van der Waals surface area contributed by atoms with Crippen molar-refractivity contribution in [1.82, 2.24) is 21.3 Å². The molecule has 0 heterocycles. The SMILES string of the molecule is CCC(=O)NCCOCCOCC(=O)NCCNC(=O)CCNC(=O)C(C)CC(=O)O. The molecule has 0 saturated carbocycles. The van der Waals surface area contributed by atoms with Gasteiger partial charge in [-0.1, -0.05) is 13.8 Å². The van der Waals surface area contributed by atoms with Gasteiger partial charge in [0.1, 0.15) is 6.61 Å². The second-order valence-corrected chi connectivity index (χ2v) is 6.61. The van der Waals surface area contributed by atoms with Crippen LogP contribution in [-0.2, 0) is 33.4 Å². The lowest BCUT2D eigenvalue weighted by Crippen LogP contribution is -2.38. The first-order valence-electron chi connectivity index (χ1n) is 10.2. The summed E-state index contributed by atoms with van der Waals surface area (Å²) in [4.78, 5) is 56.4. The molecule has 1 unspecified atom stereocenters. The van der Waals surface area contributed by atoms with Crippen molar-refractivity contribution in [1.29, 1.82) is 0 Å². The second kappa shape index (κ2) is 18.1. The number of rotatable bonds is 18. The lowest BCUT2D eigenvalue weighted by molar-refractivity contribution is -0.140. The van der Waals surface area contributed by atoms with E-state index in [1.54, 1.807) is 6.92 Å². The molecule has 31 heavy (non-hydrogen) atoms. The van der Waals surface area contributed by atoms with Crippen molar-refractivity contribution >= 4 is 29.6 Å². The third kappa shape index (κ3) is 17.8. The van der Waals surface area contributed by atoms with Crippen LogP contribution in [0.5, 0.6) is 0 Å². The Morgan fingerprint density at radius 3 is 2.03 bits per heavy atom. The van der Waals surface area contributed by atoms with Crippen LogP contribution in [0.3, 0.4) is 0 Å². The quantitative estimate of drug-likeness (QED) is 0.157. The lowest BCUT2D eigenvalue weighted by atomic mass is 10.1. The molecule has 0 aromatic carbocycles. The molecule has 0 aromatic heterocycles. The van der Waals surface area contributed by atoms with Gasteiger partial charge in [0, 0.05) is 44.9 Å². The molecule has 12 nitrogen and oxygen atoms in total. The number of carboxylic acids is 1. The van der Waals surface area contributed by atoms with Gasteiger partial charge >= 0.3 is 5.97 Å². The number of carboxylic acid groups (broad SMARTS) is 1. The second-order valence-electron chi connectivity index (χ2n) is 6.61. The van der Waals surface area contributed by atoms with Crippen molar-refractivity contribution in [3.8, 4) is 0 Å². The Morgan fingerprint density at radius 2 is 1.39 bits per heavy atom. The summed E-state index contributed by atoms with van der Waals surface area (Å²) in [6.45, 7) is 5.01. The Kier molecular flexibility index (Phi) is 16.5. The number of hydrogen-bond donors (Lipinski definition) is 5. The zero-order valence-corrected chi connectivity index (χ0v) is 18.2. The highest BCUT2D eigenvalue weighted by molar-refractivity contribution is 5.83. The monoisotopic (exact) mass is 446 g/mol. The number of carbonyl (C=O) groups is 5. The molecule has 0 spiro atoms. The van der Waals surface area contributed by atoms with Crippen LogP contribution in [0.1, 0.15) is 33.1 Å². The summed E-state index contributed by atoms with van der Waals surface area (Å²) in [6.07, 6.45) is 0.202. The first kappa shape index (κ1) is 28.3. The molecule has 0 aromatic rings. The zero-order chi connectivity index (χ0) is 23.5. The molecule has 0 aliphatic heterocycles. The maximum atomic E-state index is 11.7. The fraction of sp³-hybridized carbons (Fsp3) is 0.737. The number of hydrogen-bond acceptors (Lipinski definition) is 7. The Bertz CT molecular complexity index is 585. The highest BCUT2D eigenvalue weighted by atomic mass is 16.5. The summed E-state index contributed by atoms with van der Waals surface area (Å²) in [5, 5.41) is 19.0. The summed E-state index contributed by atoms with van der Waals surface area (Å²) >= 11 is 0. The molecule has 5 N–H and O–H groups in total. The van der Waals surface area contributed by atoms with Gasteiger partial charge in [0.25, 0.3) is 0 Å². The molecule has 1 atom stereocenters. The van der Waals surface area contributed by atoms with Gasteiger partial charge in [0.2, 0.25) is 23.6 Å². The van der Waals surface area contributed by atoms with E-state index >= 15 is 0 Å². The summed E-state index contributed by atoms with van der Waals surface area (Å²) in [6, 6.07) is 0. The van der Waals surface area contributed by atoms with Crippen LogP contribution in [0.2, 0.25) is 0 Å². The van der Waals surface area contributed by atoms with Gasteiger partial charge in [0.05, 0.1) is 26.2 Å². The third-order valence-electron chi connectivity index (χ3n) is 3.84. The molecule has 12 heteroatoms. The van der Waals surface area contributed by atoms with E-state index < -0.39 is 17.8 Å². The van der Waals surface area contributed by atoms with E-state index in [-0.39, 0.29) is 63.4 Å². The predicted molar refractivity (Wildman–Crippen MR) is 110 cm³/mol. The molecule has 0 aliphatic rings. The Balaban J connectivity index is 3.55. The molecule has 0 aliphatic carbocycles. The maximum Gasteiger partial charge on any atom is 0.304 e. The summed E-state index contributed by atoms with van der Waals surface area (Å²) < 4.78 is 10.4. The largest absolute Gasteiger partial charge is 0.481 e. The predicted octanol–water partition coefficient (Wildman–Crippen LogP) is -1.60. The van der Waals surface area contributed by atoms with Crippen molar-refractivity contribution in [2.24, 2.45) is 5.92 Å². The minimum absolute atomic E-state index is 0.0397. The Labute approximate surface area is 181 Å². The van der Waals surface area contributed by atoms with E-state index in [2.05, 4.69) is 21.3 Å². The number of carbonyl (C=O) groups excluding carboxylic acids is 4. The normalized spacial score (nSPS) is 11.3. The number of ether oxygens (including phenoxy) is 2. The fourth-order valence-electron chi connectivity index (χ4n) is 2.14. The third-order valence-corrected chi connectivity index (χ3v) is 3.84. The first-order valence-corrected chi connectivity index (χ1v) is 10.2. The first-order chi connectivity index (χ1) is 14.8. The molecule has 0 fully saturated rings. The molecule has 0 saturated heterocycles. The minimum Gasteiger partial charge on any atom is -0.481 e. The van der Waals surface area contributed by atoms with Crippen LogP contribution in [0.25, 0.3) is 0 Å². The smallest absolute Gasteiger partial charge is 0.304 e. The van der Waals surface area contributed by atoms with Gasteiger partial charge < -0.3 is 35.8 Å². The highest BCUT2D eigenvalue weighted by Gasteiger charge is 2.16. The van der Waals surface area contributed by atoms with Crippen LogP contribution in [0, 0.1) is 5.92 Å². The van der Waals surface area contributed by atoms with E-state index in [4.69, 9.17) is 14.6 Å².